The lowest BCUT2D eigenvalue weighted by atomic mass is 9.95. The molecule has 42 heteroatoms. The Bertz CT molecular complexity index is 4060. The Hall–Kier alpha value is -12.9. The molecular weight excluding hydrogens is 1580 g/mol. The van der Waals surface area contributed by atoms with Crippen molar-refractivity contribution in [2.24, 2.45) is 63.8 Å². The molecule has 0 heterocycles. The van der Waals surface area contributed by atoms with Crippen LogP contribution in [0.1, 0.15) is 173 Å². The number of carbonyl (C=O) groups excluding carboxylic acids is 15. The first-order valence-corrected chi connectivity index (χ1v) is 40.5. The van der Waals surface area contributed by atoms with Crippen LogP contribution in [0, 0.1) is 39.9 Å². The van der Waals surface area contributed by atoms with Crippen molar-refractivity contribution >= 4 is 106 Å². The van der Waals surface area contributed by atoms with Gasteiger partial charge in [-0.3, -0.25) is 88.1 Å². The van der Waals surface area contributed by atoms with Crippen molar-refractivity contribution in [1.82, 2.24) is 79.8 Å². The van der Waals surface area contributed by atoms with Gasteiger partial charge in [-0.05, 0) is 141 Å². The van der Waals surface area contributed by atoms with Crippen LogP contribution in [0.4, 0.5) is 0 Å². The van der Waals surface area contributed by atoms with Gasteiger partial charge in [0.05, 0.1) is 6.42 Å². The molecule has 34 N–H and O–H groups in total. The van der Waals surface area contributed by atoms with Gasteiger partial charge in [0, 0.05) is 51.0 Å². The summed E-state index contributed by atoms with van der Waals surface area (Å²) in [6, 6.07) is -0.273. The van der Waals surface area contributed by atoms with Gasteiger partial charge in [-0.2, -0.15) is 0 Å². The van der Waals surface area contributed by atoms with Crippen molar-refractivity contribution in [2.45, 2.75) is 238 Å². The predicted molar refractivity (Wildman–Crippen MR) is 453 cm³/mol. The fourth-order valence-electron chi connectivity index (χ4n) is 12.4. The van der Waals surface area contributed by atoms with E-state index < -0.39 is 204 Å². The Morgan fingerprint density at radius 3 is 1.05 bits per heavy atom. The van der Waals surface area contributed by atoms with Gasteiger partial charge in [0.25, 0.3) is 5.91 Å². The van der Waals surface area contributed by atoms with Crippen molar-refractivity contribution < 1.29 is 82.1 Å². The molecule has 14 atom stereocenters. The van der Waals surface area contributed by atoms with E-state index in [2.05, 4.69) is 79.8 Å². The third kappa shape index (κ3) is 38.4. The molecule has 674 valence electrons. The molecule has 3 aromatic carbocycles. The lowest BCUT2D eigenvalue weighted by Gasteiger charge is -2.31. The summed E-state index contributed by atoms with van der Waals surface area (Å²) in [5.74, 6) is -17.5. The Balaban J connectivity index is 1.97. The normalized spacial score (nSPS) is 14.5. The van der Waals surface area contributed by atoms with Crippen LogP contribution < -0.4 is 120 Å². The Morgan fingerprint density at radius 1 is 0.352 bits per heavy atom. The highest BCUT2D eigenvalue weighted by Gasteiger charge is 2.39. The second kappa shape index (κ2) is 52.9. The second-order valence-corrected chi connectivity index (χ2v) is 30.9. The fraction of sp³-hybridized carbons (Fsp3) is 0.550. The number of hydrogen-bond acceptors (Lipinski definition) is 21. The van der Waals surface area contributed by atoms with Gasteiger partial charge in [-0.25, -0.2) is 0 Å². The smallest absolute Gasteiger partial charge is 0.251 e. The van der Waals surface area contributed by atoms with Crippen molar-refractivity contribution in [3.8, 4) is 11.5 Å². The van der Waals surface area contributed by atoms with E-state index in [0.29, 0.717) is 11.1 Å². The van der Waals surface area contributed by atoms with E-state index in [9.17, 15) is 82.1 Å². The predicted octanol–water partition coefficient (Wildman–Crippen LogP) is -3.91. The number of guanidine groups is 3. The number of nitrogens with one attached hydrogen (secondary N) is 18. The summed E-state index contributed by atoms with van der Waals surface area (Å²) < 4.78 is 0. The van der Waals surface area contributed by atoms with Gasteiger partial charge in [0.2, 0.25) is 82.7 Å². The molecule has 0 bridgehead atoms. The van der Waals surface area contributed by atoms with Crippen LogP contribution in [0.5, 0.6) is 11.5 Å². The molecule has 0 aromatic heterocycles. The lowest BCUT2D eigenvalue weighted by Crippen LogP contribution is -2.62. The number of phenolic OH excluding ortho intramolecular Hbond substituents is 2. The summed E-state index contributed by atoms with van der Waals surface area (Å²) in [5, 5.41) is 81.9. The van der Waals surface area contributed by atoms with Gasteiger partial charge in [-0.15, -0.1) is 0 Å². The first-order valence-electron chi connectivity index (χ1n) is 40.5. The fourth-order valence-corrected chi connectivity index (χ4v) is 12.4. The molecule has 0 aliphatic carbocycles. The van der Waals surface area contributed by atoms with Crippen LogP contribution >= 0.6 is 0 Å². The molecule has 0 aliphatic rings. The molecule has 42 nitrogen and oxygen atoms in total. The zero-order valence-corrected chi connectivity index (χ0v) is 70.7. The van der Waals surface area contributed by atoms with Crippen LogP contribution in [0.15, 0.2) is 72.8 Å². The van der Waals surface area contributed by atoms with Crippen molar-refractivity contribution in [3.05, 3.63) is 95.1 Å². The number of carbonyl (C=O) groups is 15. The monoisotopic (exact) mass is 1710 g/mol. The number of aromatic hydroxyl groups is 2. The molecule has 15 amide bonds. The lowest BCUT2D eigenvalue weighted by molar-refractivity contribution is -0.137. The third-order valence-corrected chi connectivity index (χ3v) is 19.7. The van der Waals surface area contributed by atoms with Gasteiger partial charge in [-0.1, -0.05) is 105 Å². The molecule has 0 fully saturated rings. The summed E-state index contributed by atoms with van der Waals surface area (Å²) >= 11 is 0. The molecule has 0 saturated carbocycles. The van der Waals surface area contributed by atoms with E-state index in [1.165, 1.54) is 67.6 Å². The number of hydrogen-bond donors (Lipinski definition) is 27. The first kappa shape index (κ1) is 103. The zero-order chi connectivity index (χ0) is 91.6. The van der Waals surface area contributed by atoms with Crippen molar-refractivity contribution in [3.63, 3.8) is 0 Å². The van der Waals surface area contributed by atoms with Gasteiger partial charge >= 0.3 is 0 Å². The van der Waals surface area contributed by atoms with Gasteiger partial charge < -0.3 is 130 Å². The second-order valence-electron chi connectivity index (χ2n) is 30.9. The molecule has 0 unspecified atom stereocenters. The molecule has 0 aliphatic heterocycles. The Kier molecular flexibility index (Phi) is 44.8. The number of phenols is 2. The molecule has 122 heavy (non-hydrogen) atoms. The highest BCUT2D eigenvalue weighted by atomic mass is 16.3. The molecule has 3 aromatic rings. The van der Waals surface area contributed by atoms with Crippen molar-refractivity contribution in [2.75, 3.05) is 19.6 Å². The average Bonchev–Trinajstić information content (AvgIpc) is 0.844. The summed E-state index contributed by atoms with van der Waals surface area (Å²) in [5.41, 5.74) is 41.0. The molecule has 0 saturated heterocycles. The van der Waals surface area contributed by atoms with E-state index in [0.717, 1.165) is 5.56 Å². The molecule has 0 spiro atoms. The SMILES string of the molecule is CC[C@H](C)[C@H](NC(=O)[C@H](Cc1ccc(O)cc1)NC(=O)[C@H](C)NC(=O)[C@H](CCCNC(=N)N)NC(=O)c1ccc(CN)cc1)C(=O)N[C@@H](CC(N)=O)C(=O)N[C@@H](CC(C)C)C(=O)N[C@H](C(=O)N[C@@H](CC(C)C)C(=O)N[C@@H](CCCNC(=N)N)C(=O)N[C@@H](CCC(N)=O)C(=O)N[C@@H](CCCNC(=N)N)C(=O)N[C@@H](Cc1ccc(O)cc1)C(N)=O)[C@@H](C)CC. The molecule has 3 rings (SSSR count). The van der Waals surface area contributed by atoms with Crippen LogP contribution in [0.3, 0.4) is 0 Å². The standard InChI is InChI=1S/C80H127N25O17/c1-10-43(7)63(76(121)102-57(35-41(3)4)72(117)97-53(16-13-33-92-79(87)88)69(114)98-55(30-31-61(82)108)71(116)96-54(17-14-34-93-80(89)90)70(115)99-56(65(84)110)37-46-20-26-50(106)27-21-46)104-74(119)58(36-42(5)6)101-73(118)60(39-62(83)109)103-77(122)64(44(8)11-2)105-75(120)59(38-47-22-28-51(107)29-23-47)100-66(111)45(9)94-68(113)52(15-12-32-91-78(85)86)95-67(112)49-24-18-48(40-81)19-25-49/h18-29,41-45,52-60,63-64,106-107H,10-17,30-40,81H2,1-9H3,(H2,82,108)(H2,83,109)(H2,84,110)(H,94,113)(H,95,112)(H,96,116)(H,97,117)(H,98,114)(H,99,115)(H,100,111)(H,101,118)(H,102,121)(H,103,122)(H,104,119)(H,105,120)(H4,85,86,91)(H4,87,88,92)(H4,89,90,93)/t43-,44-,45-,52-,53-,54-,55-,56-,57-,58-,59-,60-,63-,64-/m0/s1. The van der Waals surface area contributed by atoms with Crippen LogP contribution in [-0.2, 0) is 86.5 Å². The Labute approximate surface area is 709 Å². The van der Waals surface area contributed by atoms with Crippen LogP contribution in [0.25, 0.3) is 0 Å². The number of nitrogens with two attached hydrogens (primary N) is 7. The van der Waals surface area contributed by atoms with E-state index in [4.69, 9.17) is 56.4 Å². The van der Waals surface area contributed by atoms with Crippen LogP contribution in [-0.4, -0.2) is 209 Å². The van der Waals surface area contributed by atoms with Crippen LogP contribution in [0.2, 0.25) is 0 Å². The quantitative estimate of drug-likeness (QED) is 0.0146. The maximum Gasteiger partial charge on any atom is 0.251 e. The number of amides is 15. The summed E-state index contributed by atoms with van der Waals surface area (Å²) in [7, 11) is 0. The topological polar surface area (TPSA) is 731 Å². The largest absolute Gasteiger partial charge is 0.508 e. The van der Waals surface area contributed by atoms with E-state index in [-0.39, 0.29) is 138 Å². The van der Waals surface area contributed by atoms with E-state index in [1.54, 1.807) is 67.5 Å². The maximum absolute atomic E-state index is 14.8. The van der Waals surface area contributed by atoms with Gasteiger partial charge in [0.1, 0.15) is 84.0 Å². The summed E-state index contributed by atoms with van der Waals surface area (Å²) in [6.07, 6.45) is -1.95. The minimum atomic E-state index is -1.82. The zero-order valence-electron chi connectivity index (χ0n) is 70.7. The van der Waals surface area contributed by atoms with E-state index in [1.807, 2.05) is 0 Å². The van der Waals surface area contributed by atoms with Crippen molar-refractivity contribution in [1.29, 1.82) is 16.2 Å². The number of benzene rings is 3. The number of primary amides is 3. The maximum atomic E-state index is 14.8. The molecular formula is C80H127N25O17. The first-order chi connectivity index (χ1) is 57.4. The summed E-state index contributed by atoms with van der Waals surface area (Å²) in [6.45, 7) is 15.2. The summed E-state index contributed by atoms with van der Waals surface area (Å²) in [4.78, 5) is 211. The van der Waals surface area contributed by atoms with E-state index >= 15 is 0 Å². The molecule has 0 radical (unpaired) electrons. The highest BCUT2D eigenvalue weighted by molar-refractivity contribution is 6.02. The van der Waals surface area contributed by atoms with Gasteiger partial charge in [0.15, 0.2) is 17.9 Å². The minimum absolute atomic E-state index is 0.0104. The highest BCUT2D eigenvalue weighted by Crippen LogP contribution is 2.19. The number of rotatable bonds is 55. The minimum Gasteiger partial charge on any atom is -0.508 e. The average molecular weight is 1710 g/mol. The Morgan fingerprint density at radius 2 is 0.672 bits per heavy atom. The third-order valence-electron chi connectivity index (χ3n) is 19.7.